The molecule has 51 heavy (non-hydrogen) atoms. The minimum Gasteiger partial charge on any atom is -0.459 e. The summed E-state index contributed by atoms with van der Waals surface area (Å²) in [5, 5.41) is 0. The van der Waals surface area contributed by atoms with E-state index in [9.17, 15) is 123 Å². The molecule has 0 amide bonds. The second-order valence-electron chi connectivity index (χ2n) is 8.96. The third kappa shape index (κ3) is 9.11. The molecule has 0 aliphatic carbocycles. The van der Waals surface area contributed by atoms with Crippen LogP contribution in [0, 0.1) is 0 Å². The second-order valence-corrected chi connectivity index (χ2v) is 9.56. The maximum Gasteiger partial charge on any atom is 1.00 e. The summed E-state index contributed by atoms with van der Waals surface area (Å²) in [7, 11) is -4.34. The van der Waals surface area contributed by atoms with Gasteiger partial charge in [-0.3, -0.25) is 4.79 Å². The van der Waals surface area contributed by atoms with Gasteiger partial charge in [-0.15, -0.1) is 0 Å². The Morgan fingerprint density at radius 2 is 0.784 bits per heavy atom. The minimum atomic E-state index is -8.19. The normalized spacial score (nSPS) is 15.6. The fourth-order valence-corrected chi connectivity index (χ4v) is 2.95. The molecule has 0 aliphatic rings. The van der Waals surface area contributed by atoms with E-state index in [1.807, 2.05) is 0 Å². The van der Waals surface area contributed by atoms with Crippen molar-refractivity contribution in [3.8, 4) is 0 Å². The summed E-state index contributed by atoms with van der Waals surface area (Å²) in [5.41, 5.74) is 0. The van der Waals surface area contributed by atoms with Gasteiger partial charge >= 0.3 is 114 Å². The first-order valence-corrected chi connectivity index (χ1v) is 12.1. The van der Waals surface area contributed by atoms with Gasteiger partial charge in [-0.1, -0.05) is 0 Å². The number of hydrogen-bond acceptors (Lipinski definition) is 8. The van der Waals surface area contributed by atoms with Crippen LogP contribution in [0.15, 0.2) is 0 Å². The first-order chi connectivity index (χ1) is 21.7. The molecule has 0 aromatic rings. The zero-order valence-electron chi connectivity index (χ0n) is 23.2. The number of alkyl halides is 24. The van der Waals surface area contributed by atoms with Crippen molar-refractivity contribution in [1.82, 2.24) is 0 Å². The summed E-state index contributed by atoms with van der Waals surface area (Å²) in [4.78, 5) is 23.2. The van der Waals surface area contributed by atoms with E-state index >= 15 is 0 Å². The number of halogens is 24. The van der Waals surface area contributed by atoms with Crippen LogP contribution in [0.25, 0.3) is 0 Å². The monoisotopic (exact) mass is 848 g/mol. The van der Waals surface area contributed by atoms with Crippen LogP contribution in [-0.2, 0) is 42.6 Å². The van der Waals surface area contributed by atoms with E-state index in [1.54, 1.807) is 0 Å². The van der Waals surface area contributed by atoms with Crippen LogP contribution in [0.3, 0.4) is 0 Å². The maximum atomic E-state index is 13.7. The van der Waals surface area contributed by atoms with E-state index in [0.717, 1.165) is 0 Å². The number of esters is 2. The Hall–Kier alpha value is -1.83. The van der Waals surface area contributed by atoms with Crippen LogP contribution in [0.2, 0.25) is 0 Å². The van der Waals surface area contributed by atoms with Crippen LogP contribution in [0.1, 0.15) is 6.42 Å². The molecule has 7 nitrogen and oxygen atoms in total. The molecule has 0 aromatic carbocycles. The molecule has 0 rings (SSSR count). The van der Waals surface area contributed by atoms with Gasteiger partial charge in [0.05, 0.1) is 17.4 Å². The third-order valence-corrected chi connectivity index (χ3v) is 5.89. The topological polar surface area (TPSA) is 96.0 Å². The quantitative estimate of drug-likeness (QED) is 0.0842. The summed E-state index contributed by atoms with van der Waals surface area (Å²) in [6.45, 7) is -7.54. The zero-order chi connectivity index (χ0) is 40.7. The molecule has 0 fully saturated rings. The van der Waals surface area contributed by atoms with Crippen molar-refractivity contribution in [2.24, 2.45) is 0 Å². The van der Waals surface area contributed by atoms with Gasteiger partial charge in [0, 0.05) is 0 Å². The number of carbonyl (C=O) groups is 2. The fourth-order valence-electron chi connectivity index (χ4n) is 2.62. The van der Waals surface area contributed by atoms with Crippen molar-refractivity contribution in [3.05, 3.63) is 0 Å². The predicted molar refractivity (Wildman–Crippen MR) is 102 cm³/mol. The van der Waals surface area contributed by atoms with E-state index in [2.05, 4.69) is 13.7 Å². The van der Waals surface area contributed by atoms with Crippen LogP contribution in [0.4, 0.5) is 105 Å². The molecule has 0 N–H and O–H groups in total. The summed E-state index contributed by atoms with van der Waals surface area (Å²) in [6, 6.07) is 0. The molecule has 0 saturated carbocycles. The van der Waals surface area contributed by atoms with Gasteiger partial charge in [0.25, 0.3) is 0 Å². The van der Waals surface area contributed by atoms with Crippen LogP contribution in [0.5, 0.6) is 0 Å². The molecule has 0 saturated heterocycles. The molecule has 0 aliphatic heterocycles. The zero-order valence-corrected chi connectivity index (χ0v) is 26.0. The average Bonchev–Trinajstić information content (AvgIpc) is 2.93. The standard InChI is InChI=1S/C18H9F24O7S.Na/c19-7(20)11(27,28)15(35,36)17(39,40)13(31,32)9(23,24)2-47-5(43)1-4(49-50(45)46)6(44)48-3-10(25,26)14(33,34)18(41,42)16(37,38)12(29,30)8(21)22;/h4,7-8H,1-3H2;/q-1;+1. The molecule has 0 bridgehead atoms. The van der Waals surface area contributed by atoms with Crippen molar-refractivity contribution >= 4 is 22.9 Å². The van der Waals surface area contributed by atoms with Crippen LogP contribution >= 0.6 is 0 Å². The molecule has 0 aromatic heterocycles. The summed E-state index contributed by atoms with van der Waals surface area (Å²) < 4.78 is 346. The van der Waals surface area contributed by atoms with Gasteiger partial charge in [-0.25, -0.2) is 22.4 Å². The summed E-state index contributed by atoms with van der Waals surface area (Å²) >= 11 is 0. The average molecular weight is 848 g/mol. The van der Waals surface area contributed by atoms with Gasteiger partial charge in [0.1, 0.15) is 6.10 Å². The molecule has 1 unspecified atom stereocenters. The van der Waals surface area contributed by atoms with Crippen LogP contribution < -0.4 is 29.6 Å². The Labute approximate surface area is 287 Å². The van der Waals surface area contributed by atoms with Gasteiger partial charge in [0.15, 0.2) is 13.2 Å². The van der Waals surface area contributed by atoms with Crippen molar-refractivity contribution < 1.29 is 167 Å². The summed E-state index contributed by atoms with van der Waals surface area (Å²) in [6.07, 6.45) is -18.1. The fraction of sp³-hybridized carbons (Fsp3) is 0.889. The third-order valence-electron chi connectivity index (χ3n) is 5.50. The number of ether oxygens (including phenoxy) is 2. The Morgan fingerprint density at radius 1 is 0.490 bits per heavy atom. The number of rotatable bonds is 19. The molecule has 298 valence electrons. The van der Waals surface area contributed by atoms with E-state index in [1.165, 1.54) is 0 Å². The molecule has 1 atom stereocenters. The smallest absolute Gasteiger partial charge is 0.459 e. The Balaban J connectivity index is 0. The van der Waals surface area contributed by atoms with E-state index < -0.39 is 121 Å². The largest absolute Gasteiger partial charge is 1.00 e. The van der Waals surface area contributed by atoms with Crippen molar-refractivity contribution in [2.75, 3.05) is 13.2 Å². The second kappa shape index (κ2) is 15.9. The number of hydrogen-bond donors (Lipinski definition) is 0. The predicted octanol–water partition coefficient (Wildman–Crippen LogP) is 3.96. The van der Waals surface area contributed by atoms with Crippen molar-refractivity contribution in [3.63, 3.8) is 0 Å². The molecule has 33 heteroatoms. The SMILES string of the molecule is O=C(CC(O[S-](=O)=O)C(=O)OCC(F)(F)C(F)(F)C(F)(F)C(F)(F)C(F)(F)C(F)F)OCC(F)(F)C(F)(F)C(F)(F)C(F)(F)C(F)(F)C(F)F.[Na+]. The molecular weight excluding hydrogens is 839 g/mol. The van der Waals surface area contributed by atoms with Crippen molar-refractivity contribution in [2.45, 2.75) is 84.6 Å². The Morgan fingerprint density at radius 3 is 1.06 bits per heavy atom. The van der Waals surface area contributed by atoms with Crippen LogP contribution in [-0.4, -0.2) is 103 Å². The van der Waals surface area contributed by atoms with Gasteiger partial charge in [-0.05, 0) is 0 Å². The minimum absolute atomic E-state index is 0. The molecule has 0 spiro atoms. The molecular formula is C18H9F24NaO7S. The first kappa shape index (κ1) is 51.3. The summed E-state index contributed by atoms with van der Waals surface area (Å²) in [5.74, 6) is -83.4. The van der Waals surface area contributed by atoms with Crippen molar-refractivity contribution in [1.29, 1.82) is 0 Å². The van der Waals surface area contributed by atoms with Gasteiger partial charge in [-0.2, -0.15) is 87.8 Å². The number of carbonyl (C=O) groups excluding carboxylic acids is 2. The Bertz CT molecular complexity index is 1290. The molecule has 0 radical (unpaired) electrons. The first-order valence-electron chi connectivity index (χ1n) is 11.1. The van der Waals surface area contributed by atoms with Gasteiger partial charge < -0.3 is 22.1 Å². The Kier molecular flexibility index (Phi) is 16.0. The molecule has 0 heterocycles. The maximum absolute atomic E-state index is 13.7. The van der Waals surface area contributed by atoms with Gasteiger partial charge in [0.2, 0.25) is 0 Å². The van der Waals surface area contributed by atoms with E-state index in [-0.39, 0.29) is 29.6 Å². The van der Waals surface area contributed by atoms with E-state index in [0.29, 0.717) is 0 Å². The van der Waals surface area contributed by atoms with E-state index in [4.69, 9.17) is 0 Å².